The summed E-state index contributed by atoms with van der Waals surface area (Å²) in [6.07, 6.45) is 9.40. The van der Waals surface area contributed by atoms with E-state index in [1.54, 1.807) is 11.0 Å². The highest BCUT2D eigenvalue weighted by atomic mass is 32.2. The van der Waals surface area contributed by atoms with Crippen LogP contribution in [0.15, 0.2) is 23.5 Å². The van der Waals surface area contributed by atoms with Crippen LogP contribution in [0.3, 0.4) is 0 Å². The van der Waals surface area contributed by atoms with Gasteiger partial charge in [0, 0.05) is 24.6 Å². The fourth-order valence-corrected chi connectivity index (χ4v) is 12.0. The highest BCUT2D eigenvalue weighted by molar-refractivity contribution is 7.92. The highest BCUT2D eigenvalue weighted by Crippen LogP contribution is 2.68. The summed E-state index contributed by atoms with van der Waals surface area (Å²) < 4.78 is 32.6. The summed E-state index contributed by atoms with van der Waals surface area (Å²) in [4.78, 5) is 26.9. The Morgan fingerprint density at radius 1 is 1.00 bits per heavy atom. The van der Waals surface area contributed by atoms with Gasteiger partial charge in [-0.05, 0) is 72.7 Å². The molecule has 7 nitrogen and oxygen atoms in total. The quantitative estimate of drug-likeness (QED) is 0.527. The molecule has 3 aliphatic carbocycles. The predicted molar refractivity (Wildman–Crippen MR) is 141 cm³/mol. The van der Waals surface area contributed by atoms with E-state index in [9.17, 15) is 23.1 Å². The molecule has 37 heavy (non-hydrogen) atoms. The zero-order chi connectivity index (χ0) is 27.0. The molecule has 5 rings (SSSR count). The lowest BCUT2D eigenvalue weighted by molar-refractivity contribution is -0.148. The maximum Gasteiger partial charge on any atom is 0.308 e. The lowest BCUT2D eigenvalue weighted by Gasteiger charge is -2.66. The van der Waals surface area contributed by atoms with E-state index in [2.05, 4.69) is 27.7 Å². The van der Waals surface area contributed by atoms with E-state index in [4.69, 9.17) is 4.74 Å². The van der Waals surface area contributed by atoms with E-state index in [0.29, 0.717) is 31.8 Å². The van der Waals surface area contributed by atoms with Crippen LogP contribution in [0, 0.1) is 39.9 Å². The summed E-state index contributed by atoms with van der Waals surface area (Å²) in [5.74, 6) is -0.694. The Morgan fingerprint density at radius 2 is 1.68 bits per heavy atom. The molecule has 2 aliphatic heterocycles. The molecule has 206 valence electrons. The maximum absolute atomic E-state index is 13.9. The van der Waals surface area contributed by atoms with Crippen LogP contribution >= 0.6 is 0 Å². The number of carbonyl (C=O) groups excluding carboxylic acids is 2. The zero-order valence-electron chi connectivity index (χ0n) is 23.0. The summed E-state index contributed by atoms with van der Waals surface area (Å²) in [5.41, 5.74) is -0.00411. The first-order valence-corrected chi connectivity index (χ1v) is 15.7. The molecule has 0 radical (unpaired) electrons. The first-order chi connectivity index (χ1) is 17.2. The van der Waals surface area contributed by atoms with Crippen molar-refractivity contribution in [3.8, 4) is 0 Å². The summed E-state index contributed by atoms with van der Waals surface area (Å²) >= 11 is 0. The van der Waals surface area contributed by atoms with Gasteiger partial charge in [0.2, 0.25) is 0 Å². The minimum Gasteiger partial charge on any atom is -0.512 e. The van der Waals surface area contributed by atoms with Gasteiger partial charge in [0.25, 0.3) is 5.91 Å². The average molecular weight is 534 g/mol. The molecule has 8 heteroatoms. The lowest BCUT2D eigenvalue weighted by atomic mass is 9.41. The van der Waals surface area contributed by atoms with Gasteiger partial charge < -0.3 is 14.7 Å². The Balaban J connectivity index is 1.43. The van der Waals surface area contributed by atoms with Gasteiger partial charge in [0.15, 0.2) is 9.84 Å². The number of nitrogens with zero attached hydrogens (tertiary/aromatic N) is 1. The number of aliphatic hydroxyl groups is 1. The van der Waals surface area contributed by atoms with Crippen LogP contribution < -0.4 is 0 Å². The first-order valence-electron chi connectivity index (χ1n) is 14.0. The maximum atomic E-state index is 13.9. The second kappa shape index (κ2) is 8.85. The number of carbonyl (C=O) groups is 2. The van der Waals surface area contributed by atoms with Gasteiger partial charge in [0.05, 0.1) is 29.8 Å². The topological polar surface area (TPSA) is 101 Å². The van der Waals surface area contributed by atoms with Crippen LogP contribution in [0.5, 0.6) is 0 Å². The molecule has 5 aliphatic rings. The van der Waals surface area contributed by atoms with E-state index < -0.39 is 21.0 Å². The molecule has 1 amide bonds. The molecular formula is C29H43NO6S. The fourth-order valence-electron chi connectivity index (χ4n) is 9.35. The van der Waals surface area contributed by atoms with E-state index >= 15 is 0 Å². The number of sulfone groups is 1. The molecule has 2 heterocycles. The molecule has 0 aromatic heterocycles. The number of piperidine rings is 1. The second-order valence-corrected chi connectivity index (χ2v) is 15.8. The van der Waals surface area contributed by atoms with Crippen LogP contribution in [-0.2, 0) is 24.2 Å². The van der Waals surface area contributed by atoms with Crippen molar-refractivity contribution in [2.24, 2.45) is 39.9 Å². The Morgan fingerprint density at radius 3 is 2.32 bits per heavy atom. The van der Waals surface area contributed by atoms with E-state index in [-0.39, 0.29) is 57.0 Å². The third-order valence-electron chi connectivity index (χ3n) is 11.2. The normalized spacial score (nSPS) is 40.8. The molecule has 2 unspecified atom stereocenters. The minimum atomic E-state index is -3.58. The van der Waals surface area contributed by atoms with Gasteiger partial charge in [-0.3, -0.25) is 9.59 Å². The molecule has 4 fully saturated rings. The van der Waals surface area contributed by atoms with Crippen molar-refractivity contribution in [2.75, 3.05) is 26.0 Å². The number of fused-ring (bicyclic) bond motifs is 5. The van der Waals surface area contributed by atoms with Crippen LogP contribution in [0.2, 0.25) is 0 Å². The molecule has 0 spiro atoms. The van der Waals surface area contributed by atoms with Crippen LogP contribution in [0.4, 0.5) is 0 Å². The van der Waals surface area contributed by atoms with Crippen molar-refractivity contribution < 1.29 is 27.9 Å². The lowest BCUT2D eigenvalue weighted by Crippen LogP contribution is -2.64. The van der Waals surface area contributed by atoms with Gasteiger partial charge in [-0.15, -0.1) is 0 Å². The van der Waals surface area contributed by atoms with Crippen molar-refractivity contribution in [3.63, 3.8) is 0 Å². The van der Waals surface area contributed by atoms with Crippen molar-refractivity contribution in [3.05, 3.63) is 23.5 Å². The fraction of sp³-hybridized carbons (Fsp3) is 0.793. The van der Waals surface area contributed by atoms with Gasteiger partial charge in [-0.1, -0.05) is 40.2 Å². The zero-order valence-corrected chi connectivity index (χ0v) is 23.8. The highest BCUT2D eigenvalue weighted by Gasteiger charge is 2.66. The van der Waals surface area contributed by atoms with E-state index in [1.807, 2.05) is 0 Å². The van der Waals surface area contributed by atoms with Crippen molar-refractivity contribution in [1.82, 2.24) is 4.90 Å². The van der Waals surface area contributed by atoms with Crippen molar-refractivity contribution in [2.45, 2.75) is 77.9 Å². The number of ether oxygens (including phenoxy) is 1. The Kier molecular flexibility index (Phi) is 6.40. The van der Waals surface area contributed by atoms with Gasteiger partial charge >= 0.3 is 5.97 Å². The number of likely N-dealkylation sites (tertiary alicyclic amines) is 1. The largest absolute Gasteiger partial charge is 0.512 e. The molecule has 0 aromatic rings. The first kappa shape index (κ1) is 26.8. The van der Waals surface area contributed by atoms with Gasteiger partial charge in [0.1, 0.15) is 0 Å². The number of esters is 1. The Bertz CT molecular complexity index is 1150. The Labute approximate surface area is 221 Å². The molecule has 6 atom stereocenters. The number of aliphatic hydroxyl groups excluding tert-OH is 1. The molecule has 2 saturated heterocycles. The second-order valence-electron chi connectivity index (χ2n) is 13.6. The van der Waals surface area contributed by atoms with E-state index in [1.165, 1.54) is 19.6 Å². The average Bonchev–Trinajstić information content (AvgIpc) is 2.84. The van der Waals surface area contributed by atoms with Gasteiger partial charge in [-0.25, -0.2) is 8.42 Å². The van der Waals surface area contributed by atoms with Crippen LogP contribution in [0.25, 0.3) is 0 Å². The summed E-state index contributed by atoms with van der Waals surface area (Å²) in [7, 11) is -2.21. The number of amides is 1. The molecule has 1 N–H and O–H groups in total. The molecule has 0 bridgehead atoms. The van der Waals surface area contributed by atoms with Crippen molar-refractivity contribution >= 4 is 21.7 Å². The van der Waals surface area contributed by atoms with Crippen LogP contribution in [-0.4, -0.2) is 61.5 Å². The third kappa shape index (κ3) is 4.07. The molecular weight excluding hydrogens is 490 g/mol. The minimum absolute atomic E-state index is 0.0249. The number of allylic oxidation sites excluding steroid dienone is 1. The number of rotatable bonds is 2. The van der Waals surface area contributed by atoms with Gasteiger partial charge in [-0.2, -0.15) is 0 Å². The predicted octanol–water partition coefficient (Wildman–Crippen LogP) is 4.44. The van der Waals surface area contributed by atoms with Crippen LogP contribution in [0.1, 0.15) is 72.6 Å². The smallest absolute Gasteiger partial charge is 0.308 e. The number of hydrogen-bond acceptors (Lipinski definition) is 6. The number of methoxy groups -OCH3 is 1. The number of hydrogen-bond donors (Lipinski definition) is 1. The molecule has 0 aromatic carbocycles. The Hall–Kier alpha value is -1.83. The SMILES string of the molecule is COC(=O)C1CCN(C(=O)C2=CC3C(C(O)=C2)[C@]2(C)CC[C@H]4C(C)(C)CCC[C@]4(C)[C@H]2CS3(=O)=O)CC1. The summed E-state index contributed by atoms with van der Waals surface area (Å²) in [6.45, 7) is 9.98. The summed E-state index contributed by atoms with van der Waals surface area (Å²) in [6, 6.07) is 0. The summed E-state index contributed by atoms with van der Waals surface area (Å²) in [5, 5.41) is 10.5. The monoisotopic (exact) mass is 533 g/mol. The van der Waals surface area contributed by atoms with Crippen molar-refractivity contribution in [1.29, 1.82) is 0 Å². The van der Waals surface area contributed by atoms with E-state index in [0.717, 1.165) is 25.7 Å². The molecule has 2 saturated carbocycles. The third-order valence-corrected chi connectivity index (χ3v) is 13.3. The standard InChI is InChI=1S/C29H43NO6S/c1-27(2)10-6-11-28(3)22(27)7-12-29(4)23(28)17-37(34,35)21-16-19(15-20(31)24(21)29)25(32)30-13-8-18(9-14-30)26(33)36-5/h15-16,18,21-24,31H,6-14,17H2,1-5H3/t21?,22-,23+,24?,28-,29+/m0/s1.